The minimum Gasteiger partial charge on any atom is -0.399 e. The number of hydrogen-bond donors (Lipinski definition) is 2. The molecular formula is C19H15N3O2. The summed E-state index contributed by atoms with van der Waals surface area (Å²) in [6.45, 7) is 0. The van der Waals surface area contributed by atoms with E-state index in [0.717, 1.165) is 16.6 Å². The van der Waals surface area contributed by atoms with Gasteiger partial charge in [0.15, 0.2) is 0 Å². The molecule has 5 nitrogen and oxygen atoms in total. The van der Waals surface area contributed by atoms with E-state index in [1.165, 1.54) is 10.5 Å². The number of benzene rings is 2. The Morgan fingerprint density at radius 2 is 1.71 bits per heavy atom. The van der Waals surface area contributed by atoms with Crippen molar-refractivity contribution in [2.24, 2.45) is 0 Å². The normalized spacial score (nSPS) is 19.2. The summed E-state index contributed by atoms with van der Waals surface area (Å²) >= 11 is 0. The zero-order valence-electron chi connectivity index (χ0n) is 12.9. The van der Waals surface area contributed by atoms with Crippen molar-refractivity contribution in [1.82, 2.24) is 9.88 Å². The maximum atomic E-state index is 12.7. The standard InChI is InChI=1S/C19H15N3O2/c20-10-5-6-16-14(7-10)15-8-11(9-17(15)21-16)22-18(23)12-3-1-2-4-13(12)19(22)24/h1-7,11,21H,8-9,20H2. The highest BCUT2D eigenvalue weighted by molar-refractivity contribution is 6.21. The van der Waals surface area contributed by atoms with E-state index in [9.17, 15) is 9.59 Å². The fourth-order valence-electron chi connectivity index (χ4n) is 3.99. The summed E-state index contributed by atoms with van der Waals surface area (Å²) in [6.07, 6.45) is 1.33. The van der Waals surface area contributed by atoms with Crippen molar-refractivity contribution in [1.29, 1.82) is 0 Å². The maximum Gasteiger partial charge on any atom is 0.261 e. The number of H-pyrrole nitrogens is 1. The second kappa shape index (κ2) is 4.47. The number of amides is 2. The van der Waals surface area contributed by atoms with Gasteiger partial charge in [-0.25, -0.2) is 0 Å². The van der Waals surface area contributed by atoms with Crippen molar-refractivity contribution in [3.63, 3.8) is 0 Å². The molecule has 0 saturated carbocycles. The van der Waals surface area contributed by atoms with Gasteiger partial charge in [-0.05, 0) is 42.3 Å². The van der Waals surface area contributed by atoms with Crippen molar-refractivity contribution in [3.05, 3.63) is 64.8 Å². The monoisotopic (exact) mass is 317 g/mol. The molecule has 0 bridgehead atoms. The molecule has 0 saturated heterocycles. The Labute approximate surface area is 138 Å². The van der Waals surface area contributed by atoms with Gasteiger partial charge in [0.25, 0.3) is 11.8 Å². The maximum absolute atomic E-state index is 12.7. The summed E-state index contributed by atoms with van der Waals surface area (Å²) in [4.78, 5) is 30.1. The molecule has 0 radical (unpaired) electrons. The van der Waals surface area contributed by atoms with Crippen LogP contribution in [0.2, 0.25) is 0 Å². The molecule has 118 valence electrons. The lowest BCUT2D eigenvalue weighted by Crippen LogP contribution is -2.40. The van der Waals surface area contributed by atoms with Crippen LogP contribution in [0.25, 0.3) is 10.9 Å². The molecule has 1 aromatic heterocycles. The van der Waals surface area contributed by atoms with Crippen LogP contribution in [-0.4, -0.2) is 27.7 Å². The first-order valence-corrected chi connectivity index (χ1v) is 7.99. The van der Waals surface area contributed by atoms with Crippen LogP contribution < -0.4 is 5.73 Å². The van der Waals surface area contributed by atoms with E-state index in [1.807, 2.05) is 18.2 Å². The van der Waals surface area contributed by atoms with E-state index in [2.05, 4.69) is 4.98 Å². The summed E-state index contributed by atoms with van der Waals surface area (Å²) in [5.41, 5.74) is 10.9. The third-order valence-corrected chi connectivity index (χ3v) is 5.09. The van der Waals surface area contributed by atoms with Crippen LogP contribution >= 0.6 is 0 Å². The van der Waals surface area contributed by atoms with Crippen LogP contribution in [-0.2, 0) is 12.8 Å². The lowest BCUT2D eigenvalue weighted by molar-refractivity contribution is 0.0590. The third kappa shape index (κ3) is 1.64. The van der Waals surface area contributed by atoms with Crippen molar-refractivity contribution >= 4 is 28.4 Å². The number of nitrogens with zero attached hydrogens (tertiary/aromatic N) is 1. The highest BCUT2D eigenvalue weighted by Crippen LogP contribution is 2.36. The smallest absolute Gasteiger partial charge is 0.261 e. The fraction of sp³-hybridized carbons (Fsp3) is 0.158. The van der Waals surface area contributed by atoms with Gasteiger partial charge in [-0.1, -0.05) is 12.1 Å². The van der Waals surface area contributed by atoms with E-state index in [0.29, 0.717) is 29.7 Å². The average molecular weight is 317 g/mol. The number of imide groups is 1. The number of carbonyl (C=O) groups excluding carboxylic acids is 2. The number of aromatic amines is 1. The molecule has 1 unspecified atom stereocenters. The quantitative estimate of drug-likeness (QED) is 0.534. The summed E-state index contributed by atoms with van der Waals surface area (Å²) < 4.78 is 0. The van der Waals surface area contributed by atoms with Gasteiger partial charge in [-0.2, -0.15) is 0 Å². The number of carbonyl (C=O) groups is 2. The SMILES string of the molecule is Nc1ccc2[nH]c3c(c2c1)CC(N1C(=O)c2ccccc2C1=O)C3. The fourth-order valence-corrected chi connectivity index (χ4v) is 3.99. The van der Waals surface area contributed by atoms with Crippen LogP contribution in [0.1, 0.15) is 32.0 Å². The molecule has 1 atom stereocenters. The van der Waals surface area contributed by atoms with E-state index >= 15 is 0 Å². The van der Waals surface area contributed by atoms with Crippen molar-refractivity contribution < 1.29 is 9.59 Å². The van der Waals surface area contributed by atoms with Crippen molar-refractivity contribution in [2.45, 2.75) is 18.9 Å². The predicted molar refractivity (Wildman–Crippen MR) is 90.8 cm³/mol. The molecule has 2 aliphatic rings. The molecule has 3 aromatic rings. The lowest BCUT2D eigenvalue weighted by atomic mass is 10.1. The minimum absolute atomic E-state index is 0.135. The molecule has 3 N–H and O–H groups in total. The van der Waals surface area contributed by atoms with Gasteiger partial charge in [-0.15, -0.1) is 0 Å². The number of fused-ring (bicyclic) bond motifs is 4. The summed E-state index contributed by atoms with van der Waals surface area (Å²) in [5, 5.41) is 1.09. The van der Waals surface area contributed by atoms with E-state index in [1.54, 1.807) is 24.3 Å². The number of anilines is 1. The molecule has 24 heavy (non-hydrogen) atoms. The Hall–Kier alpha value is -3.08. The molecule has 2 amide bonds. The van der Waals surface area contributed by atoms with Gasteiger partial charge in [0.05, 0.1) is 11.1 Å². The highest BCUT2D eigenvalue weighted by Gasteiger charge is 2.42. The van der Waals surface area contributed by atoms with Crippen LogP contribution in [0, 0.1) is 0 Å². The predicted octanol–water partition coefficient (Wildman–Crippen LogP) is 2.51. The lowest BCUT2D eigenvalue weighted by Gasteiger charge is -2.21. The zero-order chi connectivity index (χ0) is 16.4. The van der Waals surface area contributed by atoms with Crippen LogP contribution in [0.15, 0.2) is 42.5 Å². The van der Waals surface area contributed by atoms with Gasteiger partial charge in [0.2, 0.25) is 0 Å². The van der Waals surface area contributed by atoms with Crippen molar-refractivity contribution in [2.75, 3.05) is 5.73 Å². The molecule has 2 heterocycles. The van der Waals surface area contributed by atoms with Gasteiger partial charge >= 0.3 is 0 Å². The Morgan fingerprint density at radius 1 is 1.00 bits per heavy atom. The van der Waals surface area contributed by atoms with Gasteiger partial charge in [0, 0.05) is 34.7 Å². The second-order valence-electron chi connectivity index (χ2n) is 6.48. The molecule has 0 spiro atoms. The van der Waals surface area contributed by atoms with Crippen LogP contribution in [0.5, 0.6) is 0 Å². The first-order valence-electron chi connectivity index (χ1n) is 7.99. The molecule has 1 aliphatic heterocycles. The van der Waals surface area contributed by atoms with Gasteiger partial charge in [0.1, 0.15) is 0 Å². The third-order valence-electron chi connectivity index (χ3n) is 5.09. The summed E-state index contributed by atoms with van der Waals surface area (Å²) in [7, 11) is 0. The van der Waals surface area contributed by atoms with Gasteiger partial charge < -0.3 is 10.7 Å². The molecular weight excluding hydrogens is 302 g/mol. The number of aromatic nitrogens is 1. The molecule has 5 heteroatoms. The molecule has 0 fully saturated rings. The summed E-state index contributed by atoms with van der Waals surface area (Å²) in [6, 6.07) is 12.7. The zero-order valence-corrected chi connectivity index (χ0v) is 12.9. The Kier molecular flexibility index (Phi) is 2.49. The number of rotatable bonds is 1. The van der Waals surface area contributed by atoms with Gasteiger partial charge in [-0.3, -0.25) is 14.5 Å². The highest BCUT2D eigenvalue weighted by atomic mass is 16.2. The largest absolute Gasteiger partial charge is 0.399 e. The number of nitrogens with two attached hydrogens (primary N) is 1. The molecule has 2 aromatic carbocycles. The second-order valence-corrected chi connectivity index (χ2v) is 6.48. The minimum atomic E-state index is -0.186. The van der Waals surface area contributed by atoms with E-state index in [4.69, 9.17) is 5.73 Å². The van der Waals surface area contributed by atoms with E-state index < -0.39 is 0 Å². The first kappa shape index (κ1) is 13.4. The number of nitrogens with one attached hydrogen (secondary N) is 1. The number of hydrogen-bond acceptors (Lipinski definition) is 3. The Balaban J connectivity index is 1.53. The first-order chi connectivity index (χ1) is 11.6. The van der Waals surface area contributed by atoms with Crippen LogP contribution in [0.4, 0.5) is 5.69 Å². The summed E-state index contributed by atoms with van der Waals surface area (Å²) in [5.74, 6) is -0.371. The molecule has 5 rings (SSSR count). The number of nitrogen functional groups attached to an aromatic ring is 1. The van der Waals surface area contributed by atoms with Crippen LogP contribution in [0.3, 0.4) is 0 Å². The Morgan fingerprint density at radius 3 is 2.42 bits per heavy atom. The van der Waals surface area contributed by atoms with E-state index in [-0.39, 0.29) is 17.9 Å². The van der Waals surface area contributed by atoms with Crippen molar-refractivity contribution in [3.8, 4) is 0 Å². The Bertz CT molecular complexity index is 999. The average Bonchev–Trinajstić information content (AvgIpc) is 3.19. The topological polar surface area (TPSA) is 79.2 Å². The molecule has 1 aliphatic carbocycles.